The van der Waals surface area contributed by atoms with Crippen molar-refractivity contribution in [2.24, 2.45) is 0 Å². The van der Waals surface area contributed by atoms with Gasteiger partial charge in [-0.2, -0.15) is 0 Å². The molecule has 2 rings (SSSR count). The van der Waals surface area contributed by atoms with Crippen molar-refractivity contribution in [3.8, 4) is 0 Å². The van der Waals surface area contributed by atoms with Crippen LogP contribution in [0, 0.1) is 0 Å². The zero-order chi connectivity index (χ0) is 15.6. The topological polar surface area (TPSA) is 84.2 Å². The first-order valence-corrected chi connectivity index (χ1v) is 6.44. The Morgan fingerprint density at radius 1 is 0.905 bits per heavy atom. The number of hydrogen-bond donors (Lipinski definition) is 2. The largest absolute Gasteiger partial charge is 0.464 e. The Bertz CT molecular complexity index is 611. The zero-order valence-electron chi connectivity index (χ0n) is 12.4. The van der Waals surface area contributed by atoms with Crippen molar-refractivity contribution in [3.63, 3.8) is 0 Å². The van der Waals surface area contributed by atoms with Gasteiger partial charge < -0.3 is 19.4 Å². The van der Waals surface area contributed by atoms with Gasteiger partial charge in [-0.05, 0) is 23.3 Å². The Kier molecular flexibility index (Phi) is 3.88. The van der Waals surface area contributed by atoms with Gasteiger partial charge in [-0.3, -0.25) is 0 Å². The van der Waals surface area contributed by atoms with E-state index in [4.69, 9.17) is 0 Å². The van der Waals surface area contributed by atoms with Gasteiger partial charge in [0.2, 0.25) is 0 Å². The molecule has 0 unspecified atom stereocenters. The Labute approximate surface area is 122 Å². The SMILES string of the molecule is COC(=O)c1cc(C(C)(C)c2c[nH]c(C(=O)OC)c2)c[nH]1. The lowest BCUT2D eigenvalue weighted by molar-refractivity contribution is 0.0586. The lowest BCUT2D eigenvalue weighted by atomic mass is 9.80. The molecule has 0 atom stereocenters. The van der Waals surface area contributed by atoms with Crippen LogP contribution in [-0.4, -0.2) is 36.1 Å². The molecule has 2 aromatic rings. The molecule has 0 aliphatic rings. The summed E-state index contributed by atoms with van der Waals surface area (Å²) >= 11 is 0. The van der Waals surface area contributed by atoms with Crippen LogP contribution in [-0.2, 0) is 14.9 Å². The molecule has 0 bridgehead atoms. The molecule has 2 heterocycles. The number of carbonyl (C=O) groups is 2. The Morgan fingerprint density at radius 3 is 1.62 bits per heavy atom. The van der Waals surface area contributed by atoms with E-state index in [-0.39, 0.29) is 5.41 Å². The summed E-state index contributed by atoms with van der Waals surface area (Å²) in [6.45, 7) is 4.00. The highest BCUT2D eigenvalue weighted by atomic mass is 16.5. The highest BCUT2D eigenvalue weighted by Gasteiger charge is 2.27. The number of hydrogen-bond acceptors (Lipinski definition) is 4. The lowest BCUT2D eigenvalue weighted by Gasteiger charge is -2.22. The van der Waals surface area contributed by atoms with Gasteiger partial charge >= 0.3 is 11.9 Å². The highest BCUT2D eigenvalue weighted by molar-refractivity contribution is 5.88. The van der Waals surface area contributed by atoms with Crippen LogP contribution in [0.2, 0.25) is 0 Å². The predicted octanol–water partition coefficient (Wildman–Crippen LogP) is 2.24. The summed E-state index contributed by atoms with van der Waals surface area (Å²) < 4.78 is 9.36. The molecule has 0 saturated heterocycles. The van der Waals surface area contributed by atoms with Crippen LogP contribution >= 0.6 is 0 Å². The van der Waals surface area contributed by atoms with E-state index in [1.165, 1.54) is 14.2 Å². The summed E-state index contributed by atoms with van der Waals surface area (Å²) in [5.74, 6) is -0.831. The van der Waals surface area contributed by atoms with Crippen LogP contribution in [0.1, 0.15) is 46.0 Å². The fourth-order valence-electron chi connectivity index (χ4n) is 2.13. The molecule has 112 valence electrons. The van der Waals surface area contributed by atoms with Crippen LogP contribution in [0.15, 0.2) is 24.5 Å². The van der Waals surface area contributed by atoms with E-state index in [9.17, 15) is 9.59 Å². The number of aromatic amines is 2. The van der Waals surface area contributed by atoms with Gasteiger partial charge in [0.1, 0.15) is 11.4 Å². The smallest absolute Gasteiger partial charge is 0.354 e. The van der Waals surface area contributed by atoms with Crippen LogP contribution in [0.5, 0.6) is 0 Å². The van der Waals surface area contributed by atoms with Gasteiger partial charge in [-0.1, -0.05) is 13.8 Å². The second-order valence-electron chi connectivity index (χ2n) is 5.21. The summed E-state index contributed by atoms with van der Waals surface area (Å²) in [4.78, 5) is 28.8. The Hall–Kier alpha value is -2.50. The van der Waals surface area contributed by atoms with E-state index in [2.05, 4.69) is 19.4 Å². The number of nitrogens with one attached hydrogen (secondary N) is 2. The fraction of sp³-hybridized carbons (Fsp3) is 0.333. The van der Waals surface area contributed by atoms with Crippen molar-refractivity contribution in [2.45, 2.75) is 19.3 Å². The van der Waals surface area contributed by atoms with Gasteiger partial charge in [-0.25, -0.2) is 9.59 Å². The van der Waals surface area contributed by atoms with Crippen molar-refractivity contribution < 1.29 is 19.1 Å². The first kappa shape index (κ1) is 14.9. The summed E-state index contributed by atoms with van der Waals surface area (Å²) in [7, 11) is 2.67. The number of rotatable bonds is 4. The van der Waals surface area contributed by atoms with E-state index in [0.717, 1.165) is 11.1 Å². The molecule has 0 radical (unpaired) electrons. The number of esters is 2. The summed E-state index contributed by atoms with van der Waals surface area (Å²) in [6, 6.07) is 3.49. The van der Waals surface area contributed by atoms with Crippen molar-refractivity contribution in [3.05, 3.63) is 47.0 Å². The first-order chi connectivity index (χ1) is 9.90. The zero-order valence-corrected chi connectivity index (χ0v) is 12.4. The third-order valence-corrected chi connectivity index (χ3v) is 3.62. The third-order valence-electron chi connectivity index (χ3n) is 3.62. The van der Waals surface area contributed by atoms with Gasteiger partial charge in [-0.15, -0.1) is 0 Å². The number of ether oxygens (including phenoxy) is 2. The van der Waals surface area contributed by atoms with E-state index >= 15 is 0 Å². The predicted molar refractivity (Wildman–Crippen MR) is 76.4 cm³/mol. The molecule has 6 heteroatoms. The molecular formula is C15H18N2O4. The molecule has 2 aromatic heterocycles. The molecule has 0 saturated carbocycles. The van der Waals surface area contributed by atoms with Crippen LogP contribution in [0.25, 0.3) is 0 Å². The Morgan fingerprint density at radius 2 is 1.29 bits per heavy atom. The molecule has 0 aliphatic heterocycles. The number of methoxy groups -OCH3 is 2. The van der Waals surface area contributed by atoms with E-state index < -0.39 is 11.9 Å². The van der Waals surface area contributed by atoms with E-state index in [1.807, 2.05) is 13.8 Å². The fourth-order valence-corrected chi connectivity index (χ4v) is 2.13. The number of aromatic nitrogens is 2. The lowest BCUT2D eigenvalue weighted by Crippen LogP contribution is -2.17. The quantitative estimate of drug-likeness (QED) is 0.846. The maximum Gasteiger partial charge on any atom is 0.354 e. The summed E-state index contributed by atoms with van der Waals surface area (Å²) in [5.41, 5.74) is 2.23. The minimum atomic E-state index is -0.415. The maximum absolute atomic E-state index is 11.5. The minimum absolute atomic E-state index is 0.383. The Balaban J connectivity index is 2.32. The number of carbonyl (C=O) groups excluding carboxylic acids is 2. The first-order valence-electron chi connectivity index (χ1n) is 6.44. The van der Waals surface area contributed by atoms with E-state index in [0.29, 0.717) is 11.4 Å². The monoisotopic (exact) mass is 290 g/mol. The van der Waals surface area contributed by atoms with Gasteiger partial charge in [0, 0.05) is 17.8 Å². The van der Waals surface area contributed by atoms with Crippen molar-refractivity contribution >= 4 is 11.9 Å². The standard InChI is InChI=1S/C15H18N2O4/c1-15(2,9-5-11(16-7-9)13(18)20-3)10-6-12(17-8-10)14(19)21-4/h5-8,16-17H,1-4H3. The molecule has 0 spiro atoms. The molecule has 6 nitrogen and oxygen atoms in total. The van der Waals surface area contributed by atoms with Gasteiger partial charge in [0.25, 0.3) is 0 Å². The van der Waals surface area contributed by atoms with Crippen molar-refractivity contribution in [1.29, 1.82) is 0 Å². The number of H-pyrrole nitrogens is 2. The van der Waals surface area contributed by atoms with Crippen LogP contribution in [0.4, 0.5) is 0 Å². The van der Waals surface area contributed by atoms with Crippen molar-refractivity contribution in [2.75, 3.05) is 14.2 Å². The average Bonchev–Trinajstić information content (AvgIpc) is 3.14. The highest BCUT2D eigenvalue weighted by Crippen LogP contribution is 2.32. The van der Waals surface area contributed by atoms with Gasteiger partial charge in [0.15, 0.2) is 0 Å². The average molecular weight is 290 g/mol. The summed E-state index contributed by atoms with van der Waals surface area (Å²) in [6.07, 6.45) is 3.52. The minimum Gasteiger partial charge on any atom is -0.464 e. The summed E-state index contributed by atoms with van der Waals surface area (Å²) in [5, 5.41) is 0. The molecule has 0 aliphatic carbocycles. The van der Waals surface area contributed by atoms with Crippen LogP contribution < -0.4 is 0 Å². The molecule has 0 amide bonds. The molecule has 21 heavy (non-hydrogen) atoms. The van der Waals surface area contributed by atoms with Crippen molar-refractivity contribution in [1.82, 2.24) is 9.97 Å². The molecule has 2 N–H and O–H groups in total. The van der Waals surface area contributed by atoms with Gasteiger partial charge in [0.05, 0.1) is 14.2 Å². The normalized spacial score (nSPS) is 11.2. The molecule has 0 aromatic carbocycles. The third kappa shape index (κ3) is 2.69. The second-order valence-corrected chi connectivity index (χ2v) is 5.21. The molecule has 0 fully saturated rings. The van der Waals surface area contributed by atoms with E-state index in [1.54, 1.807) is 24.5 Å². The molecular weight excluding hydrogens is 272 g/mol. The maximum atomic E-state index is 11.5. The van der Waals surface area contributed by atoms with Crippen LogP contribution in [0.3, 0.4) is 0 Å². The second kappa shape index (κ2) is 5.47.